The van der Waals surface area contributed by atoms with Gasteiger partial charge in [-0.05, 0) is 0 Å². The molecule has 0 saturated carbocycles. The first kappa shape index (κ1) is 41.7. The number of nitrogens with zero attached hydrogens (tertiary/aromatic N) is 1. The third-order valence-corrected chi connectivity index (χ3v) is 0.167. The van der Waals surface area contributed by atoms with Gasteiger partial charge in [0.1, 0.15) is 0 Å². The Morgan fingerprint density at radius 3 is 1.27 bits per heavy atom. The van der Waals surface area contributed by atoms with Crippen LogP contribution in [0.3, 0.4) is 0 Å². The third kappa shape index (κ3) is 322. The molecule has 11 heavy (non-hydrogen) atoms. The first-order valence-corrected chi connectivity index (χ1v) is 1.70. The SMILES string of the molecule is NCCN.O=NO.[Cl-].[Cl-].[OH-].[Pt+4]. The van der Waals surface area contributed by atoms with Gasteiger partial charge >= 0.3 is 21.1 Å². The van der Waals surface area contributed by atoms with Gasteiger partial charge in [0.2, 0.25) is 0 Å². The molecule has 0 bridgehead atoms. The Morgan fingerprint density at radius 2 is 1.27 bits per heavy atom. The molecule has 0 atom stereocenters. The van der Waals surface area contributed by atoms with Gasteiger partial charge in [0.15, 0.2) is 5.34 Å². The van der Waals surface area contributed by atoms with Crippen LogP contribution < -0.4 is 36.3 Å². The van der Waals surface area contributed by atoms with Crippen molar-refractivity contribution in [2.45, 2.75) is 0 Å². The Hall–Kier alpha value is 0.548. The normalized spacial score (nSPS) is 3.82. The standard InChI is InChI=1S/C2H8N2.2ClH.HNO2.H2O.Pt/c3-1-2-4;;;2-1-3;;/h1-4H2;2*1H;(H,2,3);1H2;/q;;;;;+4/p-3. The molecule has 0 aromatic rings. The Kier molecular flexibility index (Phi) is 290. The first-order valence-electron chi connectivity index (χ1n) is 1.70. The third-order valence-electron chi connectivity index (χ3n) is 0.167. The minimum atomic E-state index is 0. The molecule has 74 valence electrons. The molecule has 0 spiro atoms. The van der Waals surface area contributed by atoms with Gasteiger partial charge in [0.05, 0.1) is 0 Å². The minimum Gasteiger partial charge on any atom is -1.00 e. The van der Waals surface area contributed by atoms with E-state index in [1.807, 2.05) is 0 Å². The number of nitrogens with two attached hydrogens (primary N) is 2. The van der Waals surface area contributed by atoms with Crippen LogP contribution in [0.15, 0.2) is 5.34 Å². The molecule has 6 N–H and O–H groups in total. The molecular weight excluding hydrogens is 380 g/mol. The summed E-state index contributed by atoms with van der Waals surface area (Å²) in [7, 11) is 0. The zero-order chi connectivity index (χ0) is 6.12. The van der Waals surface area contributed by atoms with Crippen molar-refractivity contribution in [3.63, 3.8) is 0 Å². The maximum atomic E-state index is 8.11. The van der Waals surface area contributed by atoms with Gasteiger partial charge in [-0.25, -0.2) is 0 Å². The van der Waals surface area contributed by atoms with E-state index in [2.05, 4.69) is 0 Å². The summed E-state index contributed by atoms with van der Waals surface area (Å²) in [5.41, 5.74) is 9.81. The van der Waals surface area contributed by atoms with Crippen LogP contribution in [0.1, 0.15) is 0 Å². The summed E-state index contributed by atoms with van der Waals surface area (Å²) in [6.45, 7) is 1.19. The fourth-order valence-corrected chi connectivity index (χ4v) is 0. The van der Waals surface area contributed by atoms with Crippen molar-refractivity contribution >= 4 is 0 Å². The quantitative estimate of drug-likeness (QED) is 0.303. The molecule has 0 radical (unpaired) electrons. The second-order valence-corrected chi connectivity index (χ2v) is 0.659. The summed E-state index contributed by atoms with van der Waals surface area (Å²) in [6, 6.07) is 0. The topological polar surface area (TPSA) is 132 Å². The molecule has 0 fully saturated rings. The molecule has 0 aromatic heterocycles. The predicted octanol–water partition coefficient (Wildman–Crippen LogP) is -7.13. The number of hydrogen-bond acceptors (Lipinski definition) is 5. The Labute approximate surface area is 91.4 Å². The average Bonchev–Trinajstić information content (AvgIpc) is 1.69. The van der Waals surface area contributed by atoms with E-state index in [0.717, 1.165) is 0 Å². The summed E-state index contributed by atoms with van der Waals surface area (Å²) in [4.78, 5) is 8.11. The second kappa shape index (κ2) is 76.4. The van der Waals surface area contributed by atoms with E-state index in [1.54, 1.807) is 0 Å². The fourth-order valence-electron chi connectivity index (χ4n) is 0. The molecule has 0 aliphatic carbocycles. The van der Waals surface area contributed by atoms with E-state index in [9.17, 15) is 0 Å². The predicted molar refractivity (Wildman–Crippen MR) is 27.6 cm³/mol. The molecule has 0 aromatic carbocycles. The molecule has 0 unspecified atom stereocenters. The summed E-state index contributed by atoms with van der Waals surface area (Å²) in [5.74, 6) is 0. The van der Waals surface area contributed by atoms with Crippen LogP contribution in [0.2, 0.25) is 0 Å². The monoisotopic (exact) mass is 389 g/mol. The molecule has 0 aliphatic rings. The maximum Gasteiger partial charge on any atom is 4.00 e. The Morgan fingerprint density at radius 1 is 1.18 bits per heavy atom. The molecule has 0 rings (SSSR count). The number of hydrogen-bond donors (Lipinski definition) is 3. The molecule has 0 heterocycles. The van der Waals surface area contributed by atoms with Crippen LogP contribution >= 0.6 is 0 Å². The summed E-state index contributed by atoms with van der Waals surface area (Å²) >= 11 is 0. The van der Waals surface area contributed by atoms with Crippen molar-refractivity contribution in [2.24, 2.45) is 16.8 Å². The summed E-state index contributed by atoms with van der Waals surface area (Å²) < 4.78 is 0. The zero-order valence-corrected chi connectivity index (χ0v) is 9.18. The smallest absolute Gasteiger partial charge is 1.00 e. The van der Waals surface area contributed by atoms with Crippen molar-refractivity contribution < 1.29 is 56.6 Å². The van der Waals surface area contributed by atoms with Gasteiger partial charge in [-0.15, -0.1) is 4.91 Å². The number of rotatable bonds is 1. The van der Waals surface area contributed by atoms with Crippen LogP contribution in [-0.4, -0.2) is 23.8 Å². The van der Waals surface area contributed by atoms with E-state index >= 15 is 0 Å². The Bertz CT molecular complexity index is 43.8. The van der Waals surface area contributed by atoms with Crippen LogP contribution in [-0.2, 0) is 21.1 Å². The molecule has 0 amide bonds. The van der Waals surface area contributed by atoms with Crippen LogP contribution in [0.25, 0.3) is 0 Å². The van der Waals surface area contributed by atoms with Crippen LogP contribution in [0, 0.1) is 4.91 Å². The maximum absolute atomic E-state index is 8.11. The van der Waals surface area contributed by atoms with E-state index in [1.165, 1.54) is 5.34 Å². The molecule has 6 nitrogen and oxygen atoms in total. The molecule has 0 aliphatic heterocycles. The van der Waals surface area contributed by atoms with Crippen molar-refractivity contribution in [3.8, 4) is 0 Å². The fraction of sp³-hybridized carbons (Fsp3) is 1.00. The van der Waals surface area contributed by atoms with Gasteiger partial charge < -0.3 is 47.0 Å². The summed E-state index contributed by atoms with van der Waals surface area (Å²) in [5, 5.41) is 7.89. The van der Waals surface area contributed by atoms with Crippen molar-refractivity contribution in [3.05, 3.63) is 4.91 Å². The average molecular weight is 390 g/mol. The van der Waals surface area contributed by atoms with Crippen LogP contribution in [0.4, 0.5) is 0 Å². The van der Waals surface area contributed by atoms with Crippen LogP contribution in [0.5, 0.6) is 0 Å². The van der Waals surface area contributed by atoms with E-state index in [0.29, 0.717) is 13.1 Å². The second-order valence-electron chi connectivity index (χ2n) is 0.659. The number of halogens is 2. The van der Waals surface area contributed by atoms with E-state index in [-0.39, 0.29) is 51.4 Å². The van der Waals surface area contributed by atoms with Gasteiger partial charge in [-0.3, -0.25) is 0 Å². The first-order chi connectivity index (χ1) is 3.33. The largest absolute Gasteiger partial charge is 4.00 e. The molecule has 0 saturated heterocycles. The zero-order valence-electron chi connectivity index (χ0n) is 5.39. The molecule has 9 heteroatoms. The van der Waals surface area contributed by atoms with E-state index in [4.69, 9.17) is 21.6 Å². The van der Waals surface area contributed by atoms with Crippen molar-refractivity contribution in [2.75, 3.05) is 13.1 Å². The van der Waals surface area contributed by atoms with E-state index < -0.39 is 0 Å². The van der Waals surface area contributed by atoms with Gasteiger partial charge in [0.25, 0.3) is 0 Å². The van der Waals surface area contributed by atoms with Gasteiger partial charge in [-0.2, -0.15) is 0 Å². The van der Waals surface area contributed by atoms with Gasteiger partial charge in [0, 0.05) is 13.1 Å². The summed E-state index contributed by atoms with van der Waals surface area (Å²) in [6.07, 6.45) is 0. The van der Waals surface area contributed by atoms with Crippen molar-refractivity contribution in [1.82, 2.24) is 0 Å². The van der Waals surface area contributed by atoms with Crippen molar-refractivity contribution in [1.29, 1.82) is 0 Å². The molecular formula is C2H10Cl2N3O3Pt+. The minimum absolute atomic E-state index is 0. The Balaban J connectivity index is -0.00000000848. The van der Waals surface area contributed by atoms with Gasteiger partial charge in [-0.1, -0.05) is 0 Å².